The first-order chi connectivity index (χ1) is 8.75. The molecule has 0 spiro atoms. The fraction of sp³-hybridized carbons (Fsp3) is 0.0667. The van der Waals surface area contributed by atoms with Crippen molar-refractivity contribution in [2.24, 2.45) is 0 Å². The summed E-state index contributed by atoms with van der Waals surface area (Å²) in [5.74, 6) is -0.847. The summed E-state index contributed by atoms with van der Waals surface area (Å²) in [6, 6.07) is 15.5. The molecule has 0 saturated heterocycles. The molecule has 0 bridgehead atoms. The zero-order chi connectivity index (χ0) is 12.8. The van der Waals surface area contributed by atoms with E-state index in [1.165, 1.54) is 0 Å². The van der Waals surface area contributed by atoms with Gasteiger partial charge in [0.25, 0.3) is 0 Å². The van der Waals surface area contributed by atoms with E-state index in [-0.39, 0.29) is 6.54 Å². The first kappa shape index (κ1) is 12.0. The Hall–Kier alpha value is -2.42. The van der Waals surface area contributed by atoms with Crippen molar-refractivity contribution in [3.05, 3.63) is 66.0 Å². The molecule has 0 aliphatic heterocycles. The van der Waals surface area contributed by atoms with E-state index in [0.29, 0.717) is 0 Å². The van der Waals surface area contributed by atoms with Crippen molar-refractivity contribution in [3.8, 4) is 0 Å². The highest BCUT2D eigenvalue weighted by atomic mass is 16.4. The van der Waals surface area contributed by atoms with Gasteiger partial charge in [-0.25, -0.2) is 4.79 Å². The molecule has 0 aliphatic carbocycles. The lowest BCUT2D eigenvalue weighted by Gasteiger charge is -1.97. The third-order valence-electron chi connectivity index (χ3n) is 2.53. The predicted molar refractivity (Wildman–Crippen MR) is 69.6 cm³/mol. The summed E-state index contributed by atoms with van der Waals surface area (Å²) >= 11 is 0. The van der Waals surface area contributed by atoms with Gasteiger partial charge in [0.2, 0.25) is 12.2 Å². The molecule has 90 valence electrons. The lowest BCUT2D eigenvalue weighted by atomic mass is 10.2. The topological polar surface area (TPSA) is 41.2 Å². The van der Waals surface area contributed by atoms with Crippen molar-refractivity contribution in [1.29, 1.82) is 0 Å². The van der Waals surface area contributed by atoms with Gasteiger partial charge in [0.05, 0.1) is 0 Å². The van der Waals surface area contributed by atoms with Gasteiger partial charge in [-0.2, -0.15) is 4.57 Å². The van der Waals surface area contributed by atoms with Gasteiger partial charge in [-0.05, 0) is 17.7 Å². The van der Waals surface area contributed by atoms with Crippen LogP contribution in [0.1, 0.15) is 11.3 Å². The fourth-order valence-electron chi connectivity index (χ4n) is 1.68. The summed E-state index contributed by atoms with van der Waals surface area (Å²) in [5, 5.41) is 8.83. The van der Waals surface area contributed by atoms with Gasteiger partial charge in [-0.3, -0.25) is 0 Å². The van der Waals surface area contributed by atoms with E-state index in [2.05, 4.69) is 0 Å². The first-order valence-electron chi connectivity index (χ1n) is 5.69. The number of carboxylic acids is 1. The Labute approximate surface area is 106 Å². The Kier molecular flexibility index (Phi) is 3.86. The van der Waals surface area contributed by atoms with Gasteiger partial charge in [-0.1, -0.05) is 30.3 Å². The minimum Gasteiger partial charge on any atom is -0.477 e. The van der Waals surface area contributed by atoms with Crippen LogP contribution in [0, 0.1) is 0 Å². The van der Waals surface area contributed by atoms with E-state index in [4.69, 9.17) is 5.11 Å². The molecule has 2 aromatic rings. The summed E-state index contributed by atoms with van der Waals surface area (Å²) in [6.07, 6.45) is 5.64. The standard InChI is InChI=1S/C15H13NO2/c17-15(18)12-16-11-5-4-8-14(16)10-9-13-6-2-1-3-7-13/h1-11H,12H2/p+1/b10-9-. The molecule has 18 heavy (non-hydrogen) atoms. The molecule has 1 N–H and O–H groups in total. The molecule has 1 aromatic heterocycles. The predicted octanol–water partition coefficient (Wildman–Crippen LogP) is 2.23. The number of pyridine rings is 1. The Morgan fingerprint density at radius 2 is 1.78 bits per heavy atom. The van der Waals surface area contributed by atoms with Crippen molar-refractivity contribution in [3.63, 3.8) is 0 Å². The van der Waals surface area contributed by atoms with Gasteiger partial charge in [-0.15, -0.1) is 0 Å². The summed E-state index contributed by atoms with van der Waals surface area (Å²) in [5.41, 5.74) is 1.95. The minimum atomic E-state index is -0.847. The van der Waals surface area contributed by atoms with Crippen LogP contribution in [0.25, 0.3) is 12.2 Å². The molecular formula is C15H14NO2+. The van der Waals surface area contributed by atoms with Gasteiger partial charge in [0.15, 0.2) is 6.20 Å². The zero-order valence-corrected chi connectivity index (χ0v) is 9.86. The molecule has 0 saturated carbocycles. The molecule has 0 amide bonds. The number of carboxylic acid groups (broad SMARTS) is 1. The monoisotopic (exact) mass is 240 g/mol. The minimum absolute atomic E-state index is 0.0324. The molecule has 0 unspecified atom stereocenters. The lowest BCUT2D eigenvalue weighted by Crippen LogP contribution is -2.40. The largest absolute Gasteiger partial charge is 0.477 e. The molecule has 1 heterocycles. The van der Waals surface area contributed by atoms with Crippen LogP contribution in [-0.4, -0.2) is 11.1 Å². The van der Waals surface area contributed by atoms with Crippen LogP contribution in [0.3, 0.4) is 0 Å². The highest BCUT2D eigenvalue weighted by molar-refractivity contribution is 5.67. The van der Waals surface area contributed by atoms with Crippen LogP contribution in [0.15, 0.2) is 54.7 Å². The van der Waals surface area contributed by atoms with Crippen LogP contribution in [0.2, 0.25) is 0 Å². The number of benzene rings is 1. The van der Waals surface area contributed by atoms with Crippen LogP contribution < -0.4 is 4.57 Å². The van der Waals surface area contributed by atoms with Crippen LogP contribution in [0.4, 0.5) is 0 Å². The van der Waals surface area contributed by atoms with Crippen molar-refractivity contribution >= 4 is 18.1 Å². The maximum absolute atomic E-state index is 10.8. The SMILES string of the molecule is O=C(O)C[n+]1ccccc1/C=C\c1ccccc1. The van der Waals surface area contributed by atoms with E-state index in [1.54, 1.807) is 10.8 Å². The number of rotatable bonds is 4. The van der Waals surface area contributed by atoms with Crippen LogP contribution >= 0.6 is 0 Å². The zero-order valence-electron chi connectivity index (χ0n) is 9.86. The van der Waals surface area contributed by atoms with Crippen LogP contribution in [-0.2, 0) is 11.3 Å². The van der Waals surface area contributed by atoms with E-state index in [0.717, 1.165) is 11.3 Å². The average molecular weight is 240 g/mol. The second-order valence-electron chi connectivity index (χ2n) is 3.89. The lowest BCUT2D eigenvalue weighted by molar-refractivity contribution is -0.687. The Morgan fingerprint density at radius 1 is 1.06 bits per heavy atom. The average Bonchev–Trinajstić information content (AvgIpc) is 2.38. The molecular weight excluding hydrogens is 226 g/mol. The Morgan fingerprint density at radius 3 is 2.50 bits per heavy atom. The second-order valence-corrected chi connectivity index (χ2v) is 3.89. The smallest absolute Gasteiger partial charge is 0.370 e. The first-order valence-corrected chi connectivity index (χ1v) is 5.69. The van der Waals surface area contributed by atoms with E-state index in [9.17, 15) is 4.79 Å². The molecule has 3 heteroatoms. The molecule has 0 radical (unpaired) electrons. The third-order valence-corrected chi connectivity index (χ3v) is 2.53. The number of hydrogen-bond acceptors (Lipinski definition) is 1. The summed E-state index contributed by atoms with van der Waals surface area (Å²) in [4.78, 5) is 10.8. The van der Waals surface area contributed by atoms with Gasteiger partial charge >= 0.3 is 5.97 Å². The normalized spacial score (nSPS) is 10.7. The summed E-state index contributed by atoms with van der Waals surface area (Å²) in [6.45, 7) is -0.0324. The summed E-state index contributed by atoms with van der Waals surface area (Å²) in [7, 11) is 0. The molecule has 1 aromatic carbocycles. The number of carbonyl (C=O) groups is 1. The van der Waals surface area contributed by atoms with Crippen molar-refractivity contribution < 1.29 is 14.5 Å². The van der Waals surface area contributed by atoms with Crippen LogP contribution in [0.5, 0.6) is 0 Å². The highest BCUT2D eigenvalue weighted by Gasteiger charge is 2.10. The quantitative estimate of drug-likeness (QED) is 0.833. The number of aromatic nitrogens is 1. The third kappa shape index (κ3) is 3.28. The van der Waals surface area contributed by atoms with E-state index >= 15 is 0 Å². The van der Waals surface area contributed by atoms with Crippen molar-refractivity contribution in [1.82, 2.24) is 0 Å². The number of nitrogens with zero attached hydrogens (tertiary/aromatic N) is 1. The summed E-state index contributed by atoms with van der Waals surface area (Å²) < 4.78 is 1.70. The molecule has 0 atom stereocenters. The molecule has 0 aliphatic rings. The maximum Gasteiger partial charge on any atom is 0.370 e. The Balaban J connectivity index is 2.23. The highest BCUT2D eigenvalue weighted by Crippen LogP contribution is 2.04. The Bertz CT molecular complexity index is 562. The molecule has 2 rings (SSSR count). The molecule has 3 nitrogen and oxygen atoms in total. The van der Waals surface area contributed by atoms with Crippen molar-refractivity contribution in [2.45, 2.75) is 6.54 Å². The van der Waals surface area contributed by atoms with Gasteiger partial charge in [0, 0.05) is 18.2 Å². The number of aliphatic carboxylic acids is 1. The van der Waals surface area contributed by atoms with Gasteiger partial charge < -0.3 is 5.11 Å². The van der Waals surface area contributed by atoms with E-state index < -0.39 is 5.97 Å². The molecule has 0 fully saturated rings. The fourth-order valence-corrected chi connectivity index (χ4v) is 1.68. The number of hydrogen-bond donors (Lipinski definition) is 1. The van der Waals surface area contributed by atoms with Crippen molar-refractivity contribution in [2.75, 3.05) is 0 Å². The van der Waals surface area contributed by atoms with E-state index in [1.807, 2.05) is 60.7 Å². The second kappa shape index (κ2) is 5.77. The maximum atomic E-state index is 10.8. The van der Waals surface area contributed by atoms with Gasteiger partial charge in [0.1, 0.15) is 0 Å².